The van der Waals surface area contributed by atoms with Gasteiger partial charge >= 0.3 is 6.03 Å². The second-order valence-corrected chi connectivity index (χ2v) is 7.00. The number of benzene rings is 1. The van der Waals surface area contributed by atoms with Crippen molar-refractivity contribution in [3.63, 3.8) is 0 Å². The van der Waals surface area contributed by atoms with Crippen molar-refractivity contribution in [3.05, 3.63) is 29.3 Å². The molecule has 0 bridgehead atoms. The lowest BCUT2D eigenvalue weighted by molar-refractivity contribution is -0.133. The second kappa shape index (κ2) is 9.03. The van der Waals surface area contributed by atoms with E-state index >= 15 is 0 Å². The zero-order valence-electron chi connectivity index (χ0n) is 13.7. The highest BCUT2D eigenvalue weighted by atomic mass is 35.5. The van der Waals surface area contributed by atoms with E-state index in [0.29, 0.717) is 37.6 Å². The van der Waals surface area contributed by atoms with Crippen molar-refractivity contribution in [2.24, 2.45) is 5.73 Å². The summed E-state index contributed by atoms with van der Waals surface area (Å²) in [5.74, 6) is 0.720. The number of thioether (sulfide) groups is 1. The highest BCUT2D eigenvalue weighted by molar-refractivity contribution is 7.98. The fourth-order valence-electron chi connectivity index (χ4n) is 2.76. The summed E-state index contributed by atoms with van der Waals surface area (Å²) >= 11 is 7.87. The highest BCUT2D eigenvalue weighted by Gasteiger charge is 2.28. The van der Waals surface area contributed by atoms with E-state index in [2.05, 4.69) is 10.2 Å². The molecule has 0 aliphatic carbocycles. The summed E-state index contributed by atoms with van der Waals surface area (Å²) in [5.41, 5.74) is 6.18. The molecule has 1 saturated heterocycles. The Morgan fingerprint density at radius 3 is 2.54 bits per heavy atom. The van der Waals surface area contributed by atoms with E-state index < -0.39 is 12.1 Å². The van der Waals surface area contributed by atoms with E-state index in [1.807, 2.05) is 30.5 Å². The average Bonchev–Trinajstić information content (AvgIpc) is 2.58. The van der Waals surface area contributed by atoms with E-state index in [1.165, 1.54) is 0 Å². The number of hydrogen-bond acceptors (Lipinski definition) is 4. The summed E-state index contributed by atoms with van der Waals surface area (Å²) in [6.45, 7) is 2.61. The highest BCUT2D eigenvalue weighted by Crippen LogP contribution is 2.26. The monoisotopic (exact) mass is 370 g/mol. The molecule has 3 amide bonds. The van der Waals surface area contributed by atoms with Crippen LogP contribution in [-0.4, -0.2) is 61.1 Å². The number of para-hydroxylation sites is 1. The summed E-state index contributed by atoms with van der Waals surface area (Å²) in [6, 6.07) is 6.48. The number of hydrogen-bond donors (Lipinski definition) is 2. The number of urea groups is 1. The SMILES string of the molecule is CSCC[C@H](NC(N)=O)C(=O)N1CCN(c2ccccc2Cl)CC1. The van der Waals surface area contributed by atoms with Crippen LogP contribution in [-0.2, 0) is 4.79 Å². The molecule has 6 nitrogen and oxygen atoms in total. The van der Waals surface area contributed by atoms with Gasteiger partial charge in [-0.15, -0.1) is 0 Å². The van der Waals surface area contributed by atoms with Crippen LogP contribution in [0.2, 0.25) is 5.02 Å². The topological polar surface area (TPSA) is 78.7 Å². The second-order valence-electron chi connectivity index (χ2n) is 5.61. The van der Waals surface area contributed by atoms with Gasteiger partial charge in [-0.1, -0.05) is 23.7 Å². The van der Waals surface area contributed by atoms with Crippen LogP contribution in [0.1, 0.15) is 6.42 Å². The van der Waals surface area contributed by atoms with Gasteiger partial charge in [0.15, 0.2) is 0 Å². The first-order valence-electron chi connectivity index (χ1n) is 7.86. The van der Waals surface area contributed by atoms with Gasteiger partial charge in [0.05, 0.1) is 10.7 Å². The number of primary amides is 1. The molecule has 1 aromatic rings. The molecule has 0 aromatic heterocycles. The number of amides is 3. The molecule has 0 unspecified atom stereocenters. The maximum Gasteiger partial charge on any atom is 0.312 e. The van der Waals surface area contributed by atoms with Gasteiger partial charge in [-0.25, -0.2) is 4.79 Å². The number of piperazine rings is 1. The van der Waals surface area contributed by atoms with E-state index in [9.17, 15) is 9.59 Å². The molecule has 8 heteroatoms. The molecule has 0 radical (unpaired) electrons. The maximum absolute atomic E-state index is 12.7. The van der Waals surface area contributed by atoms with E-state index in [-0.39, 0.29) is 5.91 Å². The number of rotatable bonds is 6. The zero-order valence-corrected chi connectivity index (χ0v) is 15.3. The van der Waals surface area contributed by atoms with Crippen molar-refractivity contribution in [2.45, 2.75) is 12.5 Å². The third-order valence-corrected chi connectivity index (χ3v) is 4.97. The first-order chi connectivity index (χ1) is 11.5. The minimum absolute atomic E-state index is 0.0679. The predicted octanol–water partition coefficient (Wildman–Crippen LogP) is 1.78. The van der Waals surface area contributed by atoms with Gasteiger partial charge < -0.3 is 20.9 Å². The molecule has 2 rings (SSSR count). The summed E-state index contributed by atoms with van der Waals surface area (Å²) in [6.07, 6.45) is 2.54. The Morgan fingerprint density at radius 1 is 1.29 bits per heavy atom. The smallest absolute Gasteiger partial charge is 0.312 e. The molecule has 3 N–H and O–H groups in total. The molecule has 1 aliphatic rings. The minimum Gasteiger partial charge on any atom is -0.367 e. The number of nitrogens with two attached hydrogens (primary N) is 1. The standard InChI is InChI=1S/C16H23ClN4O2S/c1-24-11-6-13(19-16(18)23)15(22)21-9-7-20(8-10-21)14-5-3-2-4-12(14)17/h2-5,13H,6-11H2,1H3,(H3,18,19,23)/t13-/m0/s1. The van der Waals surface area contributed by atoms with Crippen LogP contribution < -0.4 is 16.0 Å². The van der Waals surface area contributed by atoms with E-state index in [1.54, 1.807) is 16.7 Å². The average molecular weight is 371 g/mol. The van der Waals surface area contributed by atoms with Gasteiger partial charge in [-0.05, 0) is 30.6 Å². The lowest BCUT2D eigenvalue weighted by Crippen LogP contribution is -2.55. The van der Waals surface area contributed by atoms with Crippen molar-refractivity contribution in [1.82, 2.24) is 10.2 Å². The molecule has 1 aliphatic heterocycles. The van der Waals surface area contributed by atoms with Crippen LogP contribution in [0.5, 0.6) is 0 Å². The molecular weight excluding hydrogens is 348 g/mol. The lowest BCUT2D eigenvalue weighted by Gasteiger charge is -2.37. The number of halogens is 1. The summed E-state index contributed by atoms with van der Waals surface area (Å²) < 4.78 is 0. The van der Waals surface area contributed by atoms with Crippen molar-refractivity contribution in [3.8, 4) is 0 Å². The first-order valence-corrected chi connectivity index (χ1v) is 9.63. The van der Waals surface area contributed by atoms with E-state index in [4.69, 9.17) is 17.3 Å². The quantitative estimate of drug-likeness (QED) is 0.800. The predicted molar refractivity (Wildman–Crippen MR) is 99.8 cm³/mol. The Kier molecular flexibility index (Phi) is 7.05. The molecular formula is C16H23ClN4O2S. The van der Waals surface area contributed by atoms with E-state index in [0.717, 1.165) is 11.4 Å². The number of carbonyl (C=O) groups excluding carboxylic acids is 2. The Bertz CT molecular complexity index is 579. The van der Waals surface area contributed by atoms with Crippen molar-refractivity contribution >= 4 is 41.0 Å². The fourth-order valence-corrected chi connectivity index (χ4v) is 3.49. The molecule has 24 heavy (non-hydrogen) atoms. The Morgan fingerprint density at radius 2 is 1.96 bits per heavy atom. The molecule has 1 heterocycles. The van der Waals surface area contributed by atoms with Crippen LogP contribution >= 0.6 is 23.4 Å². The summed E-state index contributed by atoms with van der Waals surface area (Å²) in [5, 5.41) is 3.28. The molecule has 0 spiro atoms. The third kappa shape index (κ3) is 4.95. The van der Waals surface area contributed by atoms with Gasteiger partial charge in [-0.3, -0.25) is 4.79 Å². The van der Waals surface area contributed by atoms with Crippen LogP contribution in [0.15, 0.2) is 24.3 Å². The first kappa shape index (κ1) is 18.7. The van der Waals surface area contributed by atoms with Crippen LogP contribution in [0.4, 0.5) is 10.5 Å². The van der Waals surface area contributed by atoms with Crippen LogP contribution in [0.25, 0.3) is 0 Å². The molecule has 1 aromatic carbocycles. The Labute approximate surface area is 151 Å². The van der Waals surface area contributed by atoms with Crippen molar-refractivity contribution in [2.75, 3.05) is 43.1 Å². The van der Waals surface area contributed by atoms with Gasteiger partial charge in [0.1, 0.15) is 6.04 Å². The number of anilines is 1. The maximum atomic E-state index is 12.7. The van der Waals surface area contributed by atoms with Crippen LogP contribution in [0, 0.1) is 0 Å². The Hall–Kier alpha value is -1.60. The van der Waals surface area contributed by atoms with Crippen LogP contribution in [0.3, 0.4) is 0 Å². The summed E-state index contributed by atoms with van der Waals surface area (Å²) in [4.78, 5) is 27.8. The number of carbonyl (C=O) groups is 2. The number of nitrogens with one attached hydrogen (secondary N) is 1. The van der Waals surface area contributed by atoms with Crippen molar-refractivity contribution in [1.29, 1.82) is 0 Å². The lowest BCUT2D eigenvalue weighted by atomic mass is 10.1. The Balaban J connectivity index is 1.95. The fraction of sp³-hybridized carbons (Fsp3) is 0.500. The zero-order chi connectivity index (χ0) is 17.5. The largest absolute Gasteiger partial charge is 0.367 e. The van der Waals surface area contributed by atoms with Gasteiger partial charge in [0, 0.05) is 26.2 Å². The third-order valence-electron chi connectivity index (χ3n) is 4.01. The molecule has 1 atom stereocenters. The molecule has 0 saturated carbocycles. The number of nitrogens with zero attached hydrogens (tertiary/aromatic N) is 2. The summed E-state index contributed by atoms with van der Waals surface area (Å²) in [7, 11) is 0. The molecule has 132 valence electrons. The van der Waals surface area contributed by atoms with Gasteiger partial charge in [0.25, 0.3) is 0 Å². The minimum atomic E-state index is -0.663. The van der Waals surface area contributed by atoms with Gasteiger partial charge in [-0.2, -0.15) is 11.8 Å². The normalized spacial score (nSPS) is 15.9. The van der Waals surface area contributed by atoms with Gasteiger partial charge in [0.2, 0.25) is 5.91 Å². The van der Waals surface area contributed by atoms with Crippen molar-refractivity contribution < 1.29 is 9.59 Å². The molecule has 1 fully saturated rings.